The highest BCUT2D eigenvalue weighted by Gasteiger charge is 2.18. The average Bonchev–Trinajstić information content (AvgIpc) is 2.17. The average molecular weight is 227 g/mol. The maximum Gasteiger partial charge on any atom is 0.139 e. The van der Waals surface area contributed by atoms with E-state index >= 15 is 0 Å². The maximum absolute atomic E-state index is 5.84. The second-order valence-electron chi connectivity index (χ2n) is 3.98. The zero-order chi connectivity index (χ0) is 10.7. The van der Waals surface area contributed by atoms with Crippen LogP contribution < -0.4 is 4.74 Å². The molecule has 0 bridgehead atoms. The van der Waals surface area contributed by atoms with Crippen molar-refractivity contribution in [3.8, 4) is 5.75 Å². The molecule has 0 radical (unpaired) electrons. The normalized spacial score (nSPS) is 22.7. The zero-order valence-corrected chi connectivity index (χ0v) is 9.57. The third-order valence-corrected chi connectivity index (χ3v) is 2.77. The summed E-state index contributed by atoms with van der Waals surface area (Å²) in [5.41, 5.74) is 0. The Kier molecular flexibility index (Phi) is 3.44. The van der Waals surface area contributed by atoms with E-state index in [0.717, 1.165) is 25.3 Å². The van der Waals surface area contributed by atoms with E-state index in [9.17, 15) is 0 Å². The van der Waals surface area contributed by atoms with Crippen LogP contribution in [-0.2, 0) is 0 Å². The van der Waals surface area contributed by atoms with Gasteiger partial charge in [-0.3, -0.25) is 4.98 Å². The van der Waals surface area contributed by atoms with Gasteiger partial charge in [0.2, 0.25) is 0 Å². The Morgan fingerprint density at radius 2 is 2.40 bits per heavy atom. The van der Waals surface area contributed by atoms with E-state index in [4.69, 9.17) is 16.3 Å². The van der Waals surface area contributed by atoms with Gasteiger partial charge in [0, 0.05) is 18.8 Å². The fourth-order valence-corrected chi connectivity index (χ4v) is 2.03. The second-order valence-corrected chi connectivity index (χ2v) is 4.42. The summed E-state index contributed by atoms with van der Waals surface area (Å²) in [6.07, 6.45) is 5.89. The maximum atomic E-state index is 5.84. The van der Waals surface area contributed by atoms with Crippen LogP contribution in [0.3, 0.4) is 0 Å². The molecule has 0 spiro atoms. The monoisotopic (exact) mass is 226 g/mol. The van der Waals surface area contributed by atoms with E-state index in [1.165, 1.54) is 6.42 Å². The van der Waals surface area contributed by atoms with Crippen molar-refractivity contribution in [3.63, 3.8) is 0 Å². The number of hydrogen-bond donors (Lipinski definition) is 0. The van der Waals surface area contributed by atoms with Crippen molar-refractivity contribution in [2.75, 3.05) is 20.1 Å². The summed E-state index contributed by atoms with van der Waals surface area (Å²) in [5, 5.41) is 0.622. The van der Waals surface area contributed by atoms with Gasteiger partial charge in [0.05, 0.1) is 11.2 Å². The van der Waals surface area contributed by atoms with E-state index in [0.29, 0.717) is 5.02 Å². The first-order valence-electron chi connectivity index (χ1n) is 5.20. The minimum atomic E-state index is 0.268. The van der Waals surface area contributed by atoms with Crippen LogP contribution in [0.5, 0.6) is 5.75 Å². The smallest absolute Gasteiger partial charge is 0.139 e. The zero-order valence-electron chi connectivity index (χ0n) is 8.82. The predicted molar refractivity (Wildman–Crippen MR) is 60.4 cm³/mol. The molecule has 1 aromatic heterocycles. The highest BCUT2D eigenvalue weighted by atomic mass is 35.5. The molecule has 0 N–H and O–H groups in total. The first-order valence-corrected chi connectivity index (χ1v) is 5.57. The third kappa shape index (κ3) is 3.08. The molecule has 1 aliphatic heterocycles. The molecule has 82 valence electrons. The lowest BCUT2D eigenvalue weighted by molar-refractivity contribution is 0.104. The Labute approximate surface area is 95.0 Å². The molecule has 0 aliphatic carbocycles. The van der Waals surface area contributed by atoms with E-state index in [1.54, 1.807) is 12.4 Å². The molecule has 0 saturated carbocycles. The van der Waals surface area contributed by atoms with Gasteiger partial charge in [-0.1, -0.05) is 11.6 Å². The topological polar surface area (TPSA) is 25.4 Å². The SMILES string of the molecule is CN1CCCC(Oc2cncc(Cl)c2)C1. The van der Waals surface area contributed by atoms with Crippen LogP contribution in [0.15, 0.2) is 18.5 Å². The minimum absolute atomic E-state index is 0.268. The van der Waals surface area contributed by atoms with Gasteiger partial charge in [-0.15, -0.1) is 0 Å². The van der Waals surface area contributed by atoms with Crippen LogP contribution in [-0.4, -0.2) is 36.1 Å². The standard InChI is InChI=1S/C11H15ClN2O/c1-14-4-2-3-10(8-14)15-11-5-9(12)6-13-7-11/h5-7,10H,2-4,8H2,1H3. The molecule has 1 atom stereocenters. The van der Waals surface area contributed by atoms with Crippen LogP contribution in [0.25, 0.3) is 0 Å². The molecule has 2 heterocycles. The molecule has 1 saturated heterocycles. The number of pyridine rings is 1. The van der Waals surface area contributed by atoms with Gasteiger partial charge < -0.3 is 9.64 Å². The van der Waals surface area contributed by atoms with Gasteiger partial charge in [0.15, 0.2) is 0 Å². The van der Waals surface area contributed by atoms with Crippen molar-refractivity contribution in [2.24, 2.45) is 0 Å². The number of aromatic nitrogens is 1. The summed E-state index contributed by atoms with van der Waals surface area (Å²) in [4.78, 5) is 6.28. The number of piperidine rings is 1. The van der Waals surface area contributed by atoms with E-state index in [1.807, 2.05) is 6.07 Å². The van der Waals surface area contributed by atoms with Crippen molar-refractivity contribution < 1.29 is 4.74 Å². The van der Waals surface area contributed by atoms with Gasteiger partial charge in [-0.25, -0.2) is 0 Å². The first kappa shape index (κ1) is 10.7. The summed E-state index contributed by atoms with van der Waals surface area (Å²) < 4.78 is 5.82. The van der Waals surface area contributed by atoms with Crippen molar-refractivity contribution >= 4 is 11.6 Å². The molecular formula is C11H15ClN2O. The Morgan fingerprint density at radius 3 is 3.13 bits per heavy atom. The van der Waals surface area contributed by atoms with Crippen molar-refractivity contribution in [1.29, 1.82) is 0 Å². The van der Waals surface area contributed by atoms with Crippen LogP contribution in [0.2, 0.25) is 5.02 Å². The summed E-state index contributed by atoms with van der Waals surface area (Å²) in [7, 11) is 2.12. The van der Waals surface area contributed by atoms with E-state index < -0.39 is 0 Å². The number of hydrogen-bond acceptors (Lipinski definition) is 3. The van der Waals surface area contributed by atoms with Gasteiger partial charge in [-0.2, -0.15) is 0 Å². The molecule has 1 unspecified atom stereocenters. The molecule has 15 heavy (non-hydrogen) atoms. The lowest BCUT2D eigenvalue weighted by atomic mass is 10.1. The molecule has 2 rings (SSSR count). The van der Waals surface area contributed by atoms with E-state index in [2.05, 4.69) is 16.9 Å². The fraction of sp³-hybridized carbons (Fsp3) is 0.545. The number of ether oxygens (including phenoxy) is 1. The summed E-state index contributed by atoms with van der Waals surface area (Å²) in [6.45, 7) is 2.14. The van der Waals surface area contributed by atoms with Gasteiger partial charge in [0.25, 0.3) is 0 Å². The number of likely N-dealkylation sites (N-methyl/N-ethyl adjacent to an activating group) is 1. The number of rotatable bonds is 2. The van der Waals surface area contributed by atoms with Gasteiger partial charge in [0.1, 0.15) is 11.9 Å². The molecule has 0 amide bonds. The van der Waals surface area contributed by atoms with Crippen molar-refractivity contribution in [2.45, 2.75) is 18.9 Å². The third-order valence-electron chi connectivity index (χ3n) is 2.56. The minimum Gasteiger partial charge on any atom is -0.487 e. The van der Waals surface area contributed by atoms with Gasteiger partial charge >= 0.3 is 0 Å². The Bertz CT molecular complexity index is 332. The summed E-state index contributed by atoms with van der Waals surface area (Å²) in [5.74, 6) is 0.766. The number of likely N-dealkylation sites (tertiary alicyclic amines) is 1. The van der Waals surface area contributed by atoms with E-state index in [-0.39, 0.29) is 6.10 Å². The van der Waals surface area contributed by atoms with Crippen LogP contribution >= 0.6 is 11.6 Å². The predicted octanol–water partition coefficient (Wildman–Crippen LogP) is 2.21. The van der Waals surface area contributed by atoms with Crippen LogP contribution in [0.1, 0.15) is 12.8 Å². The van der Waals surface area contributed by atoms with Crippen molar-refractivity contribution in [3.05, 3.63) is 23.5 Å². The molecule has 1 aliphatic rings. The highest BCUT2D eigenvalue weighted by Crippen LogP contribution is 2.19. The lowest BCUT2D eigenvalue weighted by Gasteiger charge is -2.29. The highest BCUT2D eigenvalue weighted by molar-refractivity contribution is 6.30. The summed E-state index contributed by atoms with van der Waals surface area (Å²) in [6, 6.07) is 1.81. The Hall–Kier alpha value is -0.800. The van der Waals surface area contributed by atoms with Gasteiger partial charge in [-0.05, 0) is 26.4 Å². The Morgan fingerprint density at radius 1 is 1.53 bits per heavy atom. The van der Waals surface area contributed by atoms with Crippen LogP contribution in [0, 0.1) is 0 Å². The van der Waals surface area contributed by atoms with Crippen LogP contribution in [0.4, 0.5) is 0 Å². The molecular weight excluding hydrogens is 212 g/mol. The molecule has 1 fully saturated rings. The second kappa shape index (κ2) is 4.81. The lowest BCUT2D eigenvalue weighted by Crippen LogP contribution is -2.38. The molecule has 0 aromatic carbocycles. The molecule has 3 nitrogen and oxygen atoms in total. The number of halogens is 1. The largest absolute Gasteiger partial charge is 0.487 e. The molecule has 4 heteroatoms. The summed E-state index contributed by atoms with van der Waals surface area (Å²) >= 11 is 5.84. The first-order chi connectivity index (χ1) is 7.24. The fourth-order valence-electron chi connectivity index (χ4n) is 1.86. The van der Waals surface area contributed by atoms with Crippen molar-refractivity contribution in [1.82, 2.24) is 9.88 Å². The number of nitrogens with zero attached hydrogens (tertiary/aromatic N) is 2. The quantitative estimate of drug-likeness (QED) is 0.773. The molecule has 1 aromatic rings. The Balaban J connectivity index is 1.96.